The number of ether oxygens (including phenoxy) is 1. The molecule has 21 heavy (non-hydrogen) atoms. The zero-order valence-electron chi connectivity index (χ0n) is 13.9. The summed E-state index contributed by atoms with van der Waals surface area (Å²) in [6.07, 6.45) is 0. The highest BCUT2D eigenvalue weighted by atomic mass is 19.1. The first-order chi connectivity index (χ1) is 10.0. The fraction of sp³-hybridized carbons (Fsp3) is 0.647. The van der Waals surface area contributed by atoms with Crippen LogP contribution < -0.4 is 10.2 Å². The van der Waals surface area contributed by atoms with E-state index >= 15 is 0 Å². The van der Waals surface area contributed by atoms with Crippen LogP contribution in [0.15, 0.2) is 18.2 Å². The maximum Gasteiger partial charge on any atom is 0.146 e. The van der Waals surface area contributed by atoms with Crippen LogP contribution >= 0.6 is 0 Å². The second-order valence-corrected chi connectivity index (χ2v) is 5.86. The summed E-state index contributed by atoms with van der Waals surface area (Å²) in [6, 6.07) is 5.44. The summed E-state index contributed by atoms with van der Waals surface area (Å²) in [7, 11) is 1.68. The van der Waals surface area contributed by atoms with Crippen LogP contribution in [0.1, 0.15) is 33.3 Å². The Morgan fingerprint density at radius 1 is 1.29 bits per heavy atom. The van der Waals surface area contributed by atoms with E-state index in [9.17, 15) is 4.39 Å². The zero-order chi connectivity index (χ0) is 15.8. The molecular formula is C17H29FN2O. The Labute approximate surface area is 128 Å². The number of benzene rings is 1. The van der Waals surface area contributed by atoms with Gasteiger partial charge in [0, 0.05) is 26.2 Å². The molecule has 0 aliphatic carbocycles. The van der Waals surface area contributed by atoms with E-state index < -0.39 is 0 Å². The van der Waals surface area contributed by atoms with Gasteiger partial charge in [0.25, 0.3) is 0 Å². The number of hydrogen-bond donors (Lipinski definition) is 1. The molecule has 0 aliphatic rings. The molecule has 120 valence electrons. The molecular weight excluding hydrogens is 267 g/mol. The summed E-state index contributed by atoms with van der Waals surface area (Å²) < 4.78 is 19.6. The van der Waals surface area contributed by atoms with E-state index in [1.165, 1.54) is 6.07 Å². The van der Waals surface area contributed by atoms with Crippen molar-refractivity contribution in [3.05, 3.63) is 29.6 Å². The van der Waals surface area contributed by atoms with Gasteiger partial charge in [-0.15, -0.1) is 0 Å². The van der Waals surface area contributed by atoms with Gasteiger partial charge < -0.3 is 15.0 Å². The van der Waals surface area contributed by atoms with Gasteiger partial charge in [-0.1, -0.05) is 26.0 Å². The molecule has 1 unspecified atom stereocenters. The normalized spacial score (nSPS) is 12.7. The maximum atomic E-state index is 14.4. The summed E-state index contributed by atoms with van der Waals surface area (Å²) in [5, 5.41) is 3.39. The summed E-state index contributed by atoms with van der Waals surface area (Å²) in [5.41, 5.74) is 1.70. The molecule has 0 aromatic heterocycles. The van der Waals surface area contributed by atoms with Gasteiger partial charge in [0.1, 0.15) is 5.82 Å². The second-order valence-electron chi connectivity index (χ2n) is 5.86. The molecule has 4 heteroatoms. The maximum absolute atomic E-state index is 14.4. The summed E-state index contributed by atoms with van der Waals surface area (Å²) in [6.45, 7) is 11.4. The van der Waals surface area contributed by atoms with Gasteiger partial charge in [-0.3, -0.25) is 0 Å². The van der Waals surface area contributed by atoms with Crippen LogP contribution in [0.25, 0.3) is 0 Å². The molecule has 1 rings (SSSR count). The molecule has 1 aromatic rings. The van der Waals surface area contributed by atoms with E-state index in [1.54, 1.807) is 13.2 Å². The largest absolute Gasteiger partial charge is 0.383 e. The summed E-state index contributed by atoms with van der Waals surface area (Å²) in [5.74, 6) is 0.417. The molecule has 1 atom stereocenters. The Balaban J connectivity index is 2.96. The molecule has 0 fully saturated rings. The van der Waals surface area contributed by atoms with Crippen molar-refractivity contribution in [3.63, 3.8) is 0 Å². The first-order valence-electron chi connectivity index (χ1n) is 7.74. The number of methoxy groups -OCH3 is 1. The van der Waals surface area contributed by atoms with E-state index in [0.29, 0.717) is 24.8 Å². The Kier molecular flexibility index (Phi) is 7.68. The van der Waals surface area contributed by atoms with Crippen LogP contribution in [0.5, 0.6) is 0 Å². The van der Waals surface area contributed by atoms with Gasteiger partial charge in [-0.25, -0.2) is 4.39 Å². The van der Waals surface area contributed by atoms with Gasteiger partial charge in [0.15, 0.2) is 0 Å². The molecule has 0 bridgehead atoms. The minimum absolute atomic E-state index is 0.140. The van der Waals surface area contributed by atoms with Gasteiger partial charge in [0.2, 0.25) is 0 Å². The fourth-order valence-electron chi connectivity index (χ4n) is 2.54. The molecule has 0 saturated heterocycles. The topological polar surface area (TPSA) is 24.5 Å². The first kappa shape index (κ1) is 17.9. The van der Waals surface area contributed by atoms with Crippen molar-refractivity contribution in [2.45, 2.75) is 40.3 Å². The molecule has 0 heterocycles. The van der Waals surface area contributed by atoms with Crippen LogP contribution in [0.4, 0.5) is 10.1 Å². The third-order valence-electron chi connectivity index (χ3n) is 3.51. The third kappa shape index (κ3) is 5.29. The summed E-state index contributed by atoms with van der Waals surface area (Å²) >= 11 is 0. The molecule has 0 aliphatic heterocycles. The van der Waals surface area contributed by atoms with Crippen molar-refractivity contribution < 1.29 is 9.13 Å². The number of rotatable bonds is 9. The first-order valence-corrected chi connectivity index (χ1v) is 7.74. The SMILES string of the molecule is CCN(c1c(F)cccc1CNCC(C)C)C(C)COC. The van der Waals surface area contributed by atoms with Crippen LogP contribution in [0.2, 0.25) is 0 Å². The average Bonchev–Trinajstić information content (AvgIpc) is 2.42. The monoisotopic (exact) mass is 296 g/mol. The van der Waals surface area contributed by atoms with E-state index in [1.807, 2.05) is 13.0 Å². The molecule has 1 N–H and O–H groups in total. The van der Waals surface area contributed by atoms with Crippen molar-refractivity contribution >= 4 is 5.69 Å². The van der Waals surface area contributed by atoms with Crippen molar-refractivity contribution in [2.24, 2.45) is 5.92 Å². The predicted octanol–water partition coefficient (Wildman–Crippen LogP) is 3.43. The standard InChI is InChI=1S/C17H29FN2O/c1-6-20(14(4)12-21-5)17-15(8-7-9-16(17)18)11-19-10-13(2)3/h7-9,13-14,19H,6,10-12H2,1-5H3. The Hall–Kier alpha value is -1.13. The molecule has 3 nitrogen and oxygen atoms in total. The van der Waals surface area contributed by atoms with E-state index in [4.69, 9.17) is 4.74 Å². The van der Waals surface area contributed by atoms with Crippen LogP contribution in [0.3, 0.4) is 0 Å². The minimum Gasteiger partial charge on any atom is -0.383 e. The molecule has 0 saturated carbocycles. The lowest BCUT2D eigenvalue weighted by atomic mass is 10.1. The lowest BCUT2D eigenvalue weighted by molar-refractivity contribution is 0.181. The third-order valence-corrected chi connectivity index (χ3v) is 3.51. The van der Waals surface area contributed by atoms with Crippen molar-refractivity contribution in [2.75, 3.05) is 31.7 Å². The highest BCUT2D eigenvalue weighted by molar-refractivity contribution is 5.55. The Morgan fingerprint density at radius 2 is 2.00 bits per heavy atom. The van der Waals surface area contributed by atoms with Crippen LogP contribution in [-0.4, -0.2) is 32.8 Å². The van der Waals surface area contributed by atoms with E-state index in [0.717, 1.165) is 18.7 Å². The minimum atomic E-state index is -0.163. The second kappa shape index (κ2) is 9.00. The highest BCUT2D eigenvalue weighted by Crippen LogP contribution is 2.26. The van der Waals surface area contributed by atoms with Crippen molar-refractivity contribution in [3.8, 4) is 0 Å². The Bertz CT molecular complexity index is 423. The van der Waals surface area contributed by atoms with Crippen molar-refractivity contribution in [1.82, 2.24) is 5.32 Å². The Morgan fingerprint density at radius 3 is 2.57 bits per heavy atom. The number of nitrogens with one attached hydrogen (secondary N) is 1. The lowest BCUT2D eigenvalue weighted by Gasteiger charge is -2.32. The van der Waals surface area contributed by atoms with Crippen molar-refractivity contribution in [1.29, 1.82) is 0 Å². The zero-order valence-corrected chi connectivity index (χ0v) is 13.9. The fourth-order valence-corrected chi connectivity index (χ4v) is 2.54. The van der Waals surface area contributed by atoms with Gasteiger partial charge in [-0.2, -0.15) is 0 Å². The number of anilines is 1. The smallest absolute Gasteiger partial charge is 0.146 e. The van der Waals surface area contributed by atoms with Gasteiger partial charge >= 0.3 is 0 Å². The van der Waals surface area contributed by atoms with Crippen LogP contribution in [-0.2, 0) is 11.3 Å². The number of nitrogens with zero attached hydrogens (tertiary/aromatic N) is 1. The number of hydrogen-bond acceptors (Lipinski definition) is 3. The molecule has 0 amide bonds. The molecule has 0 spiro atoms. The van der Waals surface area contributed by atoms with Crippen LogP contribution in [0, 0.1) is 11.7 Å². The van der Waals surface area contributed by atoms with E-state index in [-0.39, 0.29) is 11.9 Å². The van der Waals surface area contributed by atoms with Gasteiger partial charge in [-0.05, 0) is 37.9 Å². The lowest BCUT2D eigenvalue weighted by Crippen LogP contribution is -2.37. The summed E-state index contributed by atoms with van der Waals surface area (Å²) in [4.78, 5) is 2.07. The number of halogens is 1. The number of likely N-dealkylation sites (N-methyl/N-ethyl adjacent to an activating group) is 1. The molecule has 1 aromatic carbocycles. The predicted molar refractivity (Wildman–Crippen MR) is 87.3 cm³/mol. The number of para-hydroxylation sites is 1. The molecule has 0 radical (unpaired) electrons. The average molecular weight is 296 g/mol. The van der Waals surface area contributed by atoms with E-state index in [2.05, 4.69) is 31.0 Å². The quantitative estimate of drug-likeness (QED) is 0.755. The van der Waals surface area contributed by atoms with Gasteiger partial charge in [0.05, 0.1) is 12.3 Å². The highest BCUT2D eigenvalue weighted by Gasteiger charge is 2.19.